The summed E-state index contributed by atoms with van der Waals surface area (Å²) in [6.07, 6.45) is 4.25. The number of hydrogen-bond donors (Lipinski definition) is 2. The van der Waals surface area contributed by atoms with Crippen LogP contribution < -0.4 is 10.6 Å². The van der Waals surface area contributed by atoms with Gasteiger partial charge in [-0.1, -0.05) is 49.2 Å². The van der Waals surface area contributed by atoms with E-state index in [1.807, 2.05) is 54.3 Å². The molecule has 0 spiro atoms. The number of amides is 2. The number of likely N-dealkylation sites (tertiary alicyclic amines) is 1. The molecule has 2 heterocycles. The largest absolute Gasteiger partial charge is 0.464 e. The van der Waals surface area contributed by atoms with Crippen molar-refractivity contribution in [2.24, 2.45) is 11.8 Å². The molecular formula is C28H33N3O4. The van der Waals surface area contributed by atoms with Gasteiger partial charge in [0.25, 0.3) is 5.91 Å². The maximum absolute atomic E-state index is 14.0. The van der Waals surface area contributed by atoms with Crippen molar-refractivity contribution in [3.05, 3.63) is 65.7 Å². The lowest BCUT2D eigenvalue weighted by atomic mass is 9.81. The van der Waals surface area contributed by atoms with Crippen LogP contribution in [-0.4, -0.2) is 47.9 Å². The van der Waals surface area contributed by atoms with E-state index in [1.165, 1.54) is 0 Å². The molecule has 7 heteroatoms. The summed E-state index contributed by atoms with van der Waals surface area (Å²) in [4.78, 5) is 41.7. The van der Waals surface area contributed by atoms with E-state index in [-0.39, 0.29) is 41.7 Å². The van der Waals surface area contributed by atoms with E-state index < -0.39 is 6.04 Å². The summed E-state index contributed by atoms with van der Waals surface area (Å²) in [6, 6.07) is 16.2. The monoisotopic (exact) mass is 475 g/mol. The Labute approximate surface area is 206 Å². The van der Waals surface area contributed by atoms with Gasteiger partial charge in [-0.2, -0.15) is 0 Å². The Morgan fingerprint density at radius 1 is 1.00 bits per heavy atom. The second-order valence-electron chi connectivity index (χ2n) is 9.73. The predicted molar refractivity (Wildman–Crippen MR) is 133 cm³/mol. The van der Waals surface area contributed by atoms with Crippen molar-refractivity contribution in [1.29, 1.82) is 0 Å². The summed E-state index contributed by atoms with van der Waals surface area (Å²) in [5, 5.41) is 6.53. The zero-order chi connectivity index (χ0) is 24.4. The normalized spacial score (nSPS) is 27.2. The van der Waals surface area contributed by atoms with Gasteiger partial charge in [-0.05, 0) is 49.9 Å². The van der Waals surface area contributed by atoms with Crippen LogP contribution in [0.2, 0.25) is 0 Å². The number of anilines is 1. The van der Waals surface area contributed by atoms with E-state index in [2.05, 4.69) is 10.6 Å². The van der Waals surface area contributed by atoms with Crippen LogP contribution in [0, 0.1) is 11.8 Å². The molecule has 2 amide bonds. The van der Waals surface area contributed by atoms with Gasteiger partial charge in [0.2, 0.25) is 5.91 Å². The van der Waals surface area contributed by atoms with Crippen LogP contribution >= 0.6 is 0 Å². The molecule has 3 unspecified atom stereocenters. The minimum absolute atomic E-state index is 0.0474. The first-order chi connectivity index (χ1) is 17.1. The van der Waals surface area contributed by atoms with Crippen LogP contribution in [0.15, 0.2) is 54.6 Å². The van der Waals surface area contributed by atoms with Gasteiger partial charge in [0.05, 0.1) is 18.6 Å². The van der Waals surface area contributed by atoms with Crippen molar-refractivity contribution >= 4 is 23.5 Å². The number of ether oxygens (including phenoxy) is 1. The Morgan fingerprint density at radius 2 is 1.74 bits per heavy atom. The number of para-hydroxylation sites is 1. The molecular weight excluding hydrogens is 442 g/mol. The number of nitrogens with zero attached hydrogens (tertiary/aromatic N) is 1. The fourth-order valence-electron chi connectivity index (χ4n) is 6.09. The number of benzene rings is 2. The van der Waals surface area contributed by atoms with Gasteiger partial charge in [-0.25, -0.2) is 4.79 Å². The molecule has 2 aromatic carbocycles. The third kappa shape index (κ3) is 4.51. The van der Waals surface area contributed by atoms with Gasteiger partial charge in [0.1, 0.15) is 6.04 Å². The molecule has 2 aliphatic heterocycles. The number of fused-ring (bicyclic) bond motifs is 3. The van der Waals surface area contributed by atoms with Crippen molar-refractivity contribution < 1.29 is 19.1 Å². The van der Waals surface area contributed by atoms with Crippen molar-refractivity contribution in [2.75, 3.05) is 18.5 Å². The second kappa shape index (κ2) is 10.1. The van der Waals surface area contributed by atoms with Gasteiger partial charge < -0.3 is 20.3 Å². The second-order valence-corrected chi connectivity index (χ2v) is 9.73. The van der Waals surface area contributed by atoms with Crippen molar-refractivity contribution in [3.8, 4) is 0 Å². The van der Waals surface area contributed by atoms with Gasteiger partial charge in [-0.3, -0.25) is 9.59 Å². The Kier molecular flexibility index (Phi) is 6.75. The Hall–Kier alpha value is -3.35. The average molecular weight is 476 g/mol. The summed E-state index contributed by atoms with van der Waals surface area (Å²) in [5.41, 5.74) is 2.53. The number of carbonyl (C=O) groups excluding carboxylic acids is 3. The molecule has 1 aliphatic carbocycles. The van der Waals surface area contributed by atoms with Crippen molar-refractivity contribution in [3.63, 3.8) is 0 Å². The summed E-state index contributed by atoms with van der Waals surface area (Å²) in [5.74, 6) is -0.636. The van der Waals surface area contributed by atoms with E-state index in [0.717, 1.165) is 43.4 Å². The zero-order valence-electron chi connectivity index (χ0n) is 20.1. The number of esters is 1. The standard InChI is InChI=1S/C28H33N3O4/c1-2-35-28(34)24-21-16-17-31(25(21)19-12-6-8-14-22(19)29-24)27(33)20-13-7-9-15-23(20)30-26(32)18-10-4-3-5-11-18/h3-6,8,10-12,14,20-21,23-25,29H,2,7,9,13,15-17H2,1H3,(H,30,32)/t20-,21?,23+,24?,25?/m0/s1. The highest BCUT2D eigenvalue weighted by atomic mass is 16.5. The van der Waals surface area contributed by atoms with Crippen molar-refractivity contribution in [2.45, 2.75) is 57.2 Å². The maximum atomic E-state index is 14.0. The fourth-order valence-corrected chi connectivity index (χ4v) is 6.09. The summed E-state index contributed by atoms with van der Waals surface area (Å²) < 4.78 is 5.37. The molecule has 7 nitrogen and oxygen atoms in total. The van der Waals surface area contributed by atoms with E-state index in [0.29, 0.717) is 18.7 Å². The topological polar surface area (TPSA) is 87.7 Å². The molecule has 2 N–H and O–H groups in total. The SMILES string of the molecule is CCOC(=O)C1Nc2ccccc2C2C1CCN2C(=O)[C@H]1CCCC[C@H]1NC(=O)c1ccccc1. The fraction of sp³-hybridized carbons (Fsp3) is 0.464. The quantitative estimate of drug-likeness (QED) is 0.640. The lowest BCUT2D eigenvalue weighted by molar-refractivity contribution is -0.147. The number of rotatable bonds is 5. The van der Waals surface area contributed by atoms with Crippen LogP contribution in [0.1, 0.15) is 61.0 Å². The Balaban J connectivity index is 1.39. The number of carbonyl (C=O) groups is 3. The molecule has 0 aromatic heterocycles. The first-order valence-electron chi connectivity index (χ1n) is 12.8. The average Bonchev–Trinajstić information content (AvgIpc) is 3.34. The third-order valence-electron chi connectivity index (χ3n) is 7.72. The first kappa shape index (κ1) is 23.4. The Bertz CT molecular complexity index is 1090. The number of nitrogens with one attached hydrogen (secondary N) is 2. The van der Waals surface area contributed by atoms with Crippen LogP contribution in [-0.2, 0) is 14.3 Å². The molecule has 2 fully saturated rings. The highest BCUT2D eigenvalue weighted by Crippen LogP contribution is 2.47. The van der Waals surface area contributed by atoms with Crippen LogP contribution in [0.5, 0.6) is 0 Å². The smallest absolute Gasteiger partial charge is 0.328 e. The molecule has 5 atom stereocenters. The molecule has 3 aliphatic rings. The Morgan fingerprint density at radius 3 is 2.54 bits per heavy atom. The maximum Gasteiger partial charge on any atom is 0.328 e. The van der Waals surface area contributed by atoms with Gasteiger partial charge in [0.15, 0.2) is 0 Å². The summed E-state index contributed by atoms with van der Waals surface area (Å²) in [6.45, 7) is 2.73. The lowest BCUT2D eigenvalue weighted by Crippen LogP contribution is -2.51. The molecule has 0 bridgehead atoms. The zero-order valence-corrected chi connectivity index (χ0v) is 20.1. The molecule has 5 rings (SSSR count). The summed E-state index contributed by atoms with van der Waals surface area (Å²) in [7, 11) is 0. The molecule has 2 aromatic rings. The molecule has 1 saturated carbocycles. The predicted octanol–water partition coefficient (Wildman–Crippen LogP) is 3.92. The third-order valence-corrected chi connectivity index (χ3v) is 7.72. The molecule has 35 heavy (non-hydrogen) atoms. The van der Waals surface area contributed by atoms with E-state index in [4.69, 9.17) is 4.74 Å². The minimum Gasteiger partial charge on any atom is -0.464 e. The van der Waals surface area contributed by atoms with Crippen LogP contribution in [0.25, 0.3) is 0 Å². The van der Waals surface area contributed by atoms with E-state index in [9.17, 15) is 14.4 Å². The van der Waals surface area contributed by atoms with E-state index >= 15 is 0 Å². The van der Waals surface area contributed by atoms with Gasteiger partial charge in [0, 0.05) is 29.8 Å². The molecule has 184 valence electrons. The first-order valence-corrected chi connectivity index (χ1v) is 12.8. The van der Waals surface area contributed by atoms with Crippen LogP contribution in [0.4, 0.5) is 5.69 Å². The lowest BCUT2D eigenvalue weighted by Gasteiger charge is -2.41. The molecule has 0 radical (unpaired) electrons. The minimum atomic E-state index is -0.479. The van der Waals surface area contributed by atoms with E-state index in [1.54, 1.807) is 12.1 Å². The number of hydrogen-bond acceptors (Lipinski definition) is 5. The highest BCUT2D eigenvalue weighted by Gasteiger charge is 2.50. The van der Waals surface area contributed by atoms with Crippen molar-refractivity contribution in [1.82, 2.24) is 10.2 Å². The summed E-state index contributed by atoms with van der Waals surface area (Å²) >= 11 is 0. The molecule has 1 saturated heterocycles. The highest BCUT2D eigenvalue weighted by molar-refractivity contribution is 5.95. The van der Waals surface area contributed by atoms with Gasteiger partial charge >= 0.3 is 5.97 Å². The van der Waals surface area contributed by atoms with Crippen LogP contribution in [0.3, 0.4) is 0 Å². The van der Waals surface area contributed by atoms with Gasteiger partial charge in [-0.15, -0.1) is 0 Å².